The third kappa shape index (κ3) is 21.2. The molecule has 0 saturated carbocycles. The quantitative estimate of drug-likeness (QED) is 0.110. The molecule has 10 nitrogen and oxygen atoms in total. The zero-order valence-electron chi connectivity index (χ0n) is 31.2. The fourth-order valence-electron chi connectivity index (χ4n) is 6.19. The lowest BCUT2D eigenvalue weighted by Gasteiger charge is -2.44. The largest absolute Gasteiger partial charge is 0.436 e. The molecule has 19 heteroatoms. The minimum atomic E-state index is -2.64. The Balaban J connectivity index is 5.40. The van der Waals surface area contributed by atoms with Crippen LogP contribution in [0.15, 0.2) is 0 Å². The third-order valence-electron chi connectivity index (χ3n) is 5.96. The Morgan fingerprint density at radius 2 is 0.465 bits per heavy atom. The summed E-state index contributed by atoms with van der Waals surface area (Å²) in [7, 11) is -21.6. The van der Waals surface area contributed by atoms with Gasteiger partial charge in [0.2, 0.25) is 0 Å². The van der Waals surface area contributed by atoms with E-state index in [1.54, 1.807) is 0 Å². The minimum Gasteiger partial charge on any atom is -0.436 e. The van der Waals surface area contributed by atoms with Crippen LogP contribution in [-0.4, -0.2) is 89.7 Å². The highest BCUT2D eigenvalue weighted by Gasteiger charge is 2.49. The lowest BCUT2D eigenvalue weighted by molar-refractivity contribution is 0.260. The fourth-order valence-corrected chi connectivity index (χ4v) is 52.0. The van der Waals surface area contributed by atoms with Crippen molar-refractivity contribution in [1.82, 2.24) is 0 Å². The van der Waals surface area contributed by atoms with Crippen molar-refractivity contribution < 1.29 is 32.9 Å². The van der Waals surface area contributed by atoms with E-state index in [1.807, 2.05) is 0 Å². The van der Waals surface area contributed by atoms with Crippen molar-refractivity contribution >= 4 is 76.6 Å². The highest BCUT2D eigenvalue weighted by molar-refractivity contribution is 6.92. The van der Waals surface area contributed by atoms with Crippen LogP contribution in [0.5, 0.6) is 0 Å². The summed E-state index contributed by atoms with van der Waals surface area (Å²) in [4.78, 5) is 0. The zero-order chi connectivity index (χ0) is 34.4. The second-order valence-electron chi connectivity index (χ2n) is 15.9. The van der Waals surface area contributed by atoms with Gasteiger partial charge in [-0.1, -0.05) is 0 Å². The molecule has 0 aromatic carbocycles. The molecule has 260 valence electrons. The standard InChI is InChI=1S/C24H70N2O8Si9/c1-35(2,23-19-21-25)27-37(5,6)29-39(9,10)31-41(13,14)33-43(17,18)34-42(15,16)32-40(11,12)30-38(7,8)28-36(3,4)24-20-22-26/h19-26H2,1-18H3. The molecule has 0 unspecified atom stereocenters. The lowest BCUT2D eigenvalue weighted by Crippen LogP contribution is -2.62. The van der Waals surface area contributed by atoms with Gasteiger partial charge in [0.05, 0.1) is 0 Å². The van der Waals surface area contributed by atoms with E-state index in [0.29, 0.717) is 13.1 Å². The summed E-state index contributed by atoms with van der Waals surface area (Å²) in [5.41, 5.74) is 11.5. The van der Waals surface area contributed by atoms with Crippen LogP contribution in [0, 0.1) is 0 Å². The minimum absolute atomic E-state index is 0.686. The maximum absolute atomic E-state index is 6.75. The van der Waals surface area contributed by atoms with Crippen LogP contribution in [0.4, 0.5) is 0 Å². The lowest BCUT2D eigenvalue weighted by atomic mass is 10.5. The first-order valence-corrected chi connectivity index (χ1v) is 41.7. The number of nitrogens with two attached hydrogens (primary N) is 2. The van der Waals surface area contributed by atoms with Crippen LogP contribution in [0.3, 0.4) is 0 Å². The average molecular weight is 768 g/mol. The van der Waals surface area contributed by atoms with Gasteiger partial charge in [-0.2, -0.15) is 0 Å². The number of hydrogen-bond acceptors (Lipinski definition) is 10. The van der Waals surface area contributed by atoms with E-state index in [-0.39, 0.29) is 0 Å². The Morgan fingerprint density at radius 3 is 0.628 bits per heavy atom. The van der Waals surface area contributed by atoms with E-state index in [2.05, 4.69) is 118 Å². The van der Waals surface area contributed by atoms with Crippen molar-refractivity contribution in [3.63, 3.8) is 0 Å². The maximum Gasteiger partial charge on any atom is 0.314 e. The number of rotatable bonds is 22. The van der Waals surface area contributed by atoms with Crippen molar-refractivity contribution in [2.75, 3.05) is 13.1 Å². The Labute approximate surface area is 275 Å². The van der Waals surface area contributed by atoms with Gasteiger partial charge < -0.3 is 44.4 Å². The van der Waals surface area contributed by atoms with Crippen LogP contribution in [0.1, 0.15) is 12.8 Å². The van der Waals surface area contributed by atoms with E-state index in [1.165, 1.54) is 0 Å². The predicted molar refractivity (Wildman–Crippen MR) is 203 cm³/mol. The Kier molecular flexibility index (Phi) is 16.9. The zero-order valence-corrected chi connectivity index (χ0v) is 40.2. The van der Waals surface area contributed by atoms with E-state index in [0.717, 1.165) is 24.9 Å². The van der Waals surface area contributed by atoms with Crippen molar-refractivity contribution in [3.8, 4) is 0 Å². The summed E-state index contributed by atoms with van der Waals surface area (Å²) in [6, 6.07) is 2.06. The molecule has 0 heterocycles. The molecule has 0 rings (SSSR count). The third-order valence-corrected chi connectivity index (χ3v) is 41.0. The van der Waals surface area contributed by atoms with Gasteiger partial charge in [0.15, 0.2) is 16.6 Å². The monoisotopic (exact) mass is 766 g/mol. The molecule has 0 aromatic heterocycles. The van der Waals surface area contributed by atoms with Crippen LogP contribution in [0.2, 0.25) is 130 Å². The molecule has 0 aliphatic rings. The molecule has 0 aliphatic heterocycles. The normalized spacial score (nSPS) is 15.3. The molecule has 0 amide bonds. The summed E-state index contributed by atoms with van der Waals surface area (Å²) in [5, 5.41) is 0. The van der Waals surface area contributed by atoms with E-state index in [4.69, 9.17) is 44.4 Å². The van der Waals surface area contributed by atoms with E-state index >= 15 is 0 Å². The van der Waals surface area contributed by atoms with Gasteiger partial charge in [-0.15, -0.1) is 0 Å². The smallest absolute Gasteiger partial charge is 0.314 e. The first-order chi connectivity index (χ1) is 18.8. The van der Waals surface area contributed by atoms with Crippen LogP contribution in [0.25, 0.3) is 0 Å². The van der Waals surface area contributed by atoms with Crippen molar-refractivity contribution in [1.29, 1.82) is 0 Å². The highest BCUT2D eigenvalue weighted by atomic mass is 28.5. The molecule has 0 aliphatic carbocycles. The van der Waals surface area contributed by atoms with Crippen LogP contribution < -0.4 is 11.5 Å². The number of hydrogen-bond donors (Lipinski definition) is 2. The molecule has 0 bridgehead atoms. The molecule has 0 atom stereocenters. The summed E-state index contributed by atoms with van der Waals surface area (Å²) in [6.07, 6.45) is 1.96. The molecular formula is C24H70N2O8Si9. The molecule has 0 radical (unpaired) electrons. The van der Waals surface area contributed by atoms with E-state index < -0.39 is 76.6 Å². The summed E-state index contributed by atoms with van der Waals surface area (Å²) < 4.78 is 53.6. The van der Waals surface area contributed by atoms with Crippen molar-refractivity contribution in [3.05, 3.63) is 0 Å². The second-order valence-corrected chi connectivity index (χ2v) is 50.1. The first-order valence-electron chi connectivity index (χ1n) is 15.8. The predicted octanol–water partition coefficient (Wildman–Crippen LogP) is 7.14. The topological polar surface area (TPSA) is 126 Å². The highest BCUT2D eigenvalue weighted by Crippen LogP contribution is 2.30. The van der Waals surface area contributed by atoms with Crippen LogP contribution in [-0.2, 0) is 32.9 Å². The van der Waals surface area contributed by atoms with Gasteiger partial charge >= 0.3 is 59.9 Å². The second kappa shape index (κ2) is 16.3. The molecule has 0 saturated heterocycles. The van der Waals surface area contributed by atoms with Crippen LogP contribution >= 0.6 is 0 Å². The Hall–Kier alpha value is 1.55. The molecule has 4 N–H and O–H groups in total. The Morgan fingerprint density at radius 1 is 0.302 bits per heavy atom. The molecule has 0 aromatic rings. The molecule has 0 spiro atoms. The van der Waals surface area contributed by atoms with Gasteiger partial charge in [-0.3, -0.25) is 0 Å². The van der Waals surface area contributed by atoms with Gasteiger partial charge in [-0.25, -0.2) is 0 Å². The molecule has 43 heavy (non-hydrogen) atoms. The summed E-state index contributed by atoms with van der Waals surface area (Å²) >= 11 is 0. The van der Waals surface area contributed by atoms with Gasteiger partial charge in [0.25, 0.3) is 0 Å². The van der Waals surface area contributed by atoms with Crippen molar-refractivity contribution in [2.24, 2.45) is 11.5 Å². The van der Waals surface area contributed by atoms with E-state index in [9.17, 15) is 0 Å². The van der Waals surface area contributed by atoms with Crippen molar-refractivity contribution in [2.45, 2.75) is 143 Å². The molecular weight excluding hydrogens is 697 g/mol. The fraction of sp³-hybridized carbons (Fsp3) is 1.00. The Bertz CT molecular complexity index is 795. The van der Waals surface area contributed by atoms with Gasteiger partial charge in [0.1, 0.15) is 0 Å². The summed E-state index contributed by atoms with van der Waals surface area (Å²) in [5.74, 6) is 0. The summed E-state index contributed by atoms with van der Waals surface area (Å²) in [6.45, 7) is 39.7. The molecule has 0 fully saturated rings. The van der Waals surface area contributed by atoms with Gasteiger partial charge in [-0.05, 0) is 156 Å². The average Bonchev–Trinajstić information content (AvgIpc) is 2.62. The SMILES string of the molecule is C[Si](C)(CCCN)O[Si](C)(C)O[Si](C)(C)O[Si](C)(C)O[Si](C)(C)O[Si](C)(C)O[Si](C)(C)O[Si](C)(C)O[Si](C)(C)CCCN. The maximum atomic E-state index is 6.75. The first kappa shape index (κ1) is 44.6. The van der Waals surface area contributed by atoms with Gasteiger partial charge in [0, 0.05) is 0 Å².